The van der Waals surface area contributed by atoms with Crippen molar-refractivity contribution in [3.63, 3.8) is 0 Å². The predicted molar refractivity (Wildman–Crippen MR) is 190 cm³/mol. The molecular weight excluding hydrogens is 659 g/mol. The maximum absolute atomic E-state index is 15.0. The quantitative estimate of drug-likeness (QED) is 0.199. The lowest BCUT2D eigenvalue weighted by atomic mass is 9.93. The number of nitriles is 2. The number of nitrogen functional groups attached to an aromatic ring is 1. The molecule has 2 N–H and O–H groups in total. The summed E-state index contributed by atoms with van der Waals surface area (Å²) < 4.78 is 36.3. The van der Waals surface area contributed by atoms with E-state index in [4.69, 9.17) is 20.4 Å². The molecule has 0 saturated carbocycles. The van der Waals surface area contributed by atoms with Gasteiger partial charge in [-0.3, -0.25) is 9.69 Å². The number of fused-ring (bicyclic) bond motifs is 3. The Labute approximate surface area is 293 Å². The number of benzene rings is 2. The van der Waals surface area contributed by atoms with Crippen LogP contribution < -0.4 is 15.4 Å². The van der Waals surface area contributed by atoms with Gasteiger partial charge in [0, 0.05) is 42.4 Å². The highest BCUT2D eigenvalue weighted by Crippen LogP contribution is 2.44. The molecule has 258 valence electrons. The number of amides is 1. The number of likely N-dealkylation sites (tertiary alicyclic amines) is 1. The molecule has 10 nitrogen and oxygen atoms in total. The highest BCUT2D eigenvalue weighted by molar-refractivity contribution is 7.23. The van der Waals surface area contributed by atoms with E-state index in [0.717, 1.165) is 37.1 Å². The van der Waals surface area contributed by atoms with Crippen molar-refractivity contribution in [1.29, 1.82) is 10.5 Å². The molecule has 5 heterocycles. The number of alkyl halides is 1. The average molecular weight is 697 g/mol. The van der Waals surface area contributed by atoms with Crippen LogP contribution in [-0.2, 0) is 4.79 Å². The lowest BCUT2D eigenvalue weighted by molar-refractivity contribution is -0.126. The normalized spacial score (nSPS) is 23.2. The van der Waals surface area contributed by atoms with Crippen LogP contribution in [0.5, 0.6) is 6.01 Å². The molecule has 4 aromatic rings. The number of hydrogen-bond donors (Lipinski definition) is 1. The number of nitrogens with zero attached hydrogens (tertiary/aromatic N) is 7. The van der Waals surface area contributed by atoms with Crippen molar-refractivity contribution in [1.82, 2.24) is 19.8 Å². The zero-order valence-corrected chi connectivity index (χ0v) is 28.9. The summed E-state index contributed by atoms with van der Waals surface area (Å²) in [6, 6.07) is 10.8. The monoisotopic (exact) mass is 696 g/mol. The number of likely N-dealkylation sites (N-methyl/N-ethyl adjacent to an activating group) is 1. The maximum Gasteiger partial charge on any atom is 0.319 e. The largest absolute Gasteiger partial charge is 0.461 e. The van der Waals surface area contributed by atoms with E-state index in [0.29, 0.717) is 65.7 Å². The van der Waals surface area contributed by atoms with Gasteiger partial charge in [-0.2, -0.15) is 20.5 Å². The molecule has 0 bridgehead atoms. The SMILES string of the molecule is C=CC(=O)N1CC[C@@H](N(CC)c2nc(OC[C@@]34CCCN3C[C@H](F)C4)nc3c(C#N)c(-c4ccc(F)c5sc(N)c(C#N)c45)ccc23)[C@@H]1CC. The second kappa shape index (κ2) is 13.1. The highest BCUT2D eigenvalue weighted by atomic mass is 32.1. The zero-order chi connectivity index (χ0) is 35.3. The summed E-state index contributed by atoms with van der Waals surface area (Å²) in [5.74, 6) is -0.0685. The van der Waals surface area contributed by atoms with E-state index in [1.54, 1.807) is 12.1 Å². The van der Waals surface area contributed by atoms with E-state index < -0.39 is 17.5 Å². The van der Waals surface area contributed by atoms with Crippen LogP contribution in [0.3, 0.4) is 0 Å². The van der Waals surface area contributed by atoms with E-state index in [-0.39, 0.29) is 51.4 Å². The summed E-state index contributed by atoms with van der Waals surface area (Å²) in [7, 11) is 0. The number of aromatic nitrogens is 2. The molecule has 1 amide bonds. The highest BCUT2D eigenvalue weighted by Gasteiger charge is 2.49. The molecule has 4 atom stereocenters. The maximum atomic E-state index is 15.0. The third-order valence-corrected chi connectivity index (χ3v) is 11.8. The van der Waals surface area contributed by atoms with Crippen molar-refractivity contribution in [2.75, 3.05) is 43.4 Å². The summed E-state index contributed by atoms with van der Waals surface area (Å²) in [5, 5.41) is 21.9. The van der Waals surface area contributed by atoms with Crippen LogP contribution in [0, 0.1) is 28.5 Å². The summed E-state index contributed by atoms with van der Waals surface area (Å²) in [5.41, 5.74) is 7.35. The summed E-state index contributed by atoms with van der Waals surface area (Å²) in [6.07, 6.45) is 3.97. The molecule has 3 fully saturated rings. The molecule has 2 aromatic heterocycles. The number of rotatable bonds is 9. The number of carbonyl (C=O) groups excluding carboxylic acids is 1. The first-order valence-electron chi connectivity index (χ1n) is 17.1. The van der Waals surface area contributed by atoms with Gasteiger partial charge in [0.1, 0.15) is 41.6 Å². The number of nitrogens with two attached hydrogens (primary N) is 1. The van der Waals surface area contributed by atoms with Crippen molar-refractivity contribution >= 4 is 49.1 Å². The Morgan fingerprint density at radius 1 is 1.20 bits per heavy atom. The molecule has 3 saturated heterocycles. The third-order valence-electron chi connectivity index (χ3n) is 10.8. The zero-order valence-electron chi connectivity index (χ0n) is 28.1. The van der Waals surface area contributed by atoms with Crippen molar-refractivity contribution in [3.05, 3.63) is 53.9 Å². The van der Waals surface area contributed by atoms with Gasteiger partial charge in [-0.15, -0.1) is 11.3 Å². The van der Waals surface area contributed by atoms with Gasteiger partial charge >= 0.3 is 6.01 Å². The average Bonchev–Trinajstić information content (AvgIpc) is 3.87. The Balaban J connectivity index is 1.41. The molecule has 0 spiro atoms. The standard InChI is InChI=1S/C37H38F2N8O2S/c1-4-28-29(12-15-47(28)30(48)5-2)46(6-3)35-24-9-8-22(23-10-11-27(39)33-31(23)26(18-41)34(42)50-33)25(17-40)32(24)43-36(44-35)49-20-37-13-7-14-45(37)19-21(38)16-37/h5,8-11,21,28-29H,2,4,6-7,12-16,19-20,42H2,1,3H3/t21-,28+,29-,37+/m1/s1. The molecule has 0 unspecified atom stereocenters. The molecule has 13 heteroatoms. The summed E-state index contributed by atoms with van der Waals surface area (Å²) >= 11 is 0.994. The predicted octanol–water partition coefficient (Wildman–Crippen LogP) is 6.32. The fraction of sp³-hybridized carbons (Fsp3) is 0.432. The molecule has 3 aliphatic rings. The van der Waals surface area contributed by atoms with E-state index in [2.05, 4.69) is 35.4 Å². The van der Waals surface area contributed by atoms with Crippen molar-refractivity contribution in [3.8, 4) is 29.3 Å². The minimum atomic E-state index is -0.929. The molecule has 0 radical (unpaired) electrons. The number of ether oxygens (including phenoxy) is 1. The van der Waals surface area contributed by atoms with E-state index >= 15 is 0 Å². The van der Waals surface area contributed by atoms with Gasteiger partial charge in [0.25, 0.3) is 0 Å². The van der Waals surface area contributed by atoms with E-state index in [9.17, 15) is 24.1 Å². The van der Waals surface area contributed by atoms with Crippen LogP contribution in [0.1, 0.15) is 57.1 Å². The Kier molecular flexibility index (Phi) is 8.83. The minimum absolute atomic E-state index is 0.0648. The molecule has 3 aliphatic heterocycles. The number of anilines is 2. The van der Waals surface area contributed by atoms with Gasteiger partial charge in [0.2, 0.25) is 5.91 Å². The van der Waals surface area contributed by atoms with Crippen LogP contribution in [-0.4, -0.2) is 82.3 Å². The fourth-order valence-electron chi connectivity index (χ4n) is 8.58. The molecular formula is C37H38F2N8O2S. The molecule has 0 aliphatic carbocycles. The van der Waals surface area contributed by atoms with Gasteiger partial charge in [-0.05, 0) is 62.9 Å². The Bertz CT molecular complexity index is 2110. The Hall–Kier alpha value is -4.85. The first kappa shape index (κ1) is 33.6. The number of carbonyl (C=O) groups is 1. The van der Waals surface area contributed by atoms with E-state index in [1.165, 1.54) is 12.1 Å². The van der Waals surface area contributed by atoms with Crippen molar-refractivity contribution in [2.45, 2.75) is 69.7 Å². The van der Waals surface area contributed by atoms with Crippen LogP contribution in [0.2, 0.25) is 0 Å². The van der Waals surface area contributed by atoms with Crippen LogP contribution in [0.4, 0.5) is 19.6 Å². The van der Waals surface area contributed by atoms with Crippen LogP contribution >= 0.6 is 11.3 Å². The molecule has 7 rings (SSSR count). The topological polar surface area (TPSA) is 135 Å². The van der Waals surface area contributed by atoms with Crippen molar-refractivity contribution < 1.29 is 18.3 Å². The van der Waals surface area contributed by atoms with Gasteiger partial charge in [0.15, 0.2) is 0 Å². The third kappa shape index (κ3) is 5.31. The summed E-state index contributed by atoms with van der Waals surface area (Å²) in [6.45, 7) is 10.3. The number of hydrogen-bond acceptors (Lipinski definition) is 10. The lowest BCUT2D eigenvalue weighted by Crippen LogP contribution is -2.47. The second-order valence-corrected chi connectivity index (χ2v) is 14.3. The summed E-state index contributed by atoms with van der Waals surface area (Å²) in [4.78, 5) is 28.8. The van der Waals surface area contributed by atoms with Crippen molar-refractivity contribution in [2.24, 2.45) is 0 Å². The van der Waals surface area contributed by atoms with Crippen LogP contribution in [0.25, 0.3) is 32.1 Å². The van der Waals surface area contributed by atoms with Gasteiger partial charge in [-0.1, -0.05) is 25.6 Å². The Morgan fingerprint density at radius 2 is 1.98 bits per heavy atom. The van der Waals surface area contributed by atoms with Crippen LogP contribution in [0.15, 0.2) is 36.9 Å². The molecule has 50 heavy (non-hydrogen) atoms. The van der Waals surface area contributed by atoms with Gasteiger partial charge in [-0.25, -0.2) is 8.78 Å². The Morgan fingerprint density at radius 3 is 2.70 bits per heavy atom. The lowest BCUT2D eigenvalue weighted by Gasteiger charge is -2.36. The fourth-order valence-corrected chi connectivity index (χ4v) is 9.53. The van der Waals surface area contributed by atoms with Gasteiger partial charge < -0.3 is 20.3 Å². The number of thiophene rings is 1. The second-order valence-electron chi connectivity index (χ2n) is 13.3. The van der Waals surface area contributed by atoms with E-state index in [1.807, 2.05) is 17.9 Å². The van der Waals surface area contributed by atoms with Gasteiger partial charge in [0.05, 0.1) is 39.0 Å². The first-order chi connectivity index (χ1) is 24.2. The molecule has 2 aromatic carbocycles. The smallest absolute Gasteiger partial charge is 0.319 e. The first-order valence-corrected chi connectivity index (χ1v) is 17.9. The number of halogens is 2. The minimum Gasteiger partial charge on any atom is -0.461 e.